The van der Waals surface area contributed by atoms with Crippen LogP contribution in [0.3, 0.4) is 0 Å². The second-order valence-corrected chi connectivity index (χ2v) is 4.90. The maximum Gasteiger partial charge on any atom is 0.124 e. The molecule has 0 spiro atoms. The number of benzene rings is 1. The van der Waals surface area contributed by atoms with Crippen molar-refractivity contribution in [1.29, 1.82) is 0 Å². The van der Waals surface area contributed by atoms with E-state index in [4.69, 9.17) is 21.1 Å². The van der Waals surface area contributed by atoms with Crippen LogP contribution >= 0.6 is 11.6 Å². The average Bonchev–Trinajstić information content (AvgIpc) is 2.34. The molecule has 1 rings (SSSR count). The lowest BCUT2D eigenvalue weighted by atomic mass is 10.1. The molecular formula is C14H22ClNO2. The van der Waals surface area contributed by atoms with Crippen molar-refractivity contribution in [2.24, 2.45) is 0 Å². The predicted octanol–water partition coefficient (Wildman–Crippen LogP) is 3.42. The van der Waals surface area contributed by atoms with Crippen molar-refractivity contribution in [3.63, 3.8) is 0 Å². The van der Waals surface area contributed by atoms with Crippen LogP contribution in [-0.2, 0) is 4.74 Å². The summed E-state index contributed by atoms with van der Waals surface area (Å²) >= 11 is 6.01. The minimum absolute atomic E-state index is 0.199. The summed E-state index contributed by atoms with van der Waals surface area (Å²) in [6, 6.07) is 5.87. The van der Waals surface area contributed by atoms with E-state index in [2.05, 4.69) is 12.2 Å². The summed E-state index contributed by atoms with van der Waals surface area (Å²) in [5.41, 5.74) is 1.06. The van der Waals surface area contributed by atoms with Crippen LogP contribution < -0.4 is 10.1 Å². The fourth-order valence-corrected chi connectivity index (χ4v) is 1.76. The van der Waals surface area contributed by atoms with E-state index >= 15 is 0 Å². The molecule has 1 aromatic carbocycles. The predicted molar refractivity (Wildman–Crippen MR) is 75.5 cm³/mol. The second kappa shape index (κ2) is 7.62. The number of rotatable bonds is 7. The zero-order valence-electron chi connectivity index (χ0n) is 11.5. The molecule has 102 valence electrons. The Labute approximate surface area is 114 Å². The minimum atomic E-state index is 0.199. The van der Waals surface area contributed by atoms with Gasteiger partial charge < -0.3 is 14.8 Å². The molecule has 4 heteroatoms. The van der Waals surface area contributed by atoms with E-state index in [0.717, 1.165) is 16.3 Å². The molecule has 1 atom stereocenters. The molecule has 0 aromatic heterocycles. The Morgan fingerprint density at radius 2 is 1.94 bits per heavy atom. The number of nitrogens with one attached hydrogen (secondary N) is 1. The molecule has 0 saturated carbocycles. The van der Waals surface area contributed by atoms with Gasteiger partial charge in [0.25, 0.3) is 0 Å². The Balaban J connectivity index is 2.63. The zero-order valence-corrected chi connectivity index (χ0v) is 12.3. The Morgan fingerprint density at radius 3 is 2.56 bits per heavy atom. The van der Waals surface area contributed by atoms with E-state index in [1.165, 1.54) is 0 Å². The van der Waals surface area contributed by atoms with E-state index in [1.807, 2.05) is 39.1 Å². The highest BCUT2D eigenvalue weighted by Gasteiger charge is 2.10. The molecule has 0 heterocycles. The molecule has 0 fully saturated rings. The van der Waals surface area contributed by atoms with Crippen molar-refractivity contribution < 1.29 is 9.47 Å². The largest absolute Gasteiger partial charge is 0.491 e. The summed E-state index contributed by atoms with van der Waals surface area (Å²) in [5, 5.41) is 3.91. The van der Waals surface area contributed by atoms with Crippen LogP contribution in [0, 0.1) is 0 Å². The van der Waals surface area contributed by atoms with Gasteiger partial charge in [0, 0.05) is 16.6 Å². The molecule has 0 bridgehead atoms. The first-order chi connectivity index (χ1) is 8.54. The van der Waals surface area contributed by atoms with Crippen molar-refractivity contribution in [2.45, 2.75) is 32.9 Å². The van der Waals surface area contributed by atoms with Crippen molar-refractivity contribution in [3.8, 4) is 5.75 Å². The molecule has 0 radical (unpaired) electrons. The van der Waals surface area contributed by atoms with E-state index in [-0.39, 0.29) is 12.1 Å². The van der Waals surface area contributed by atoms with Gasteiger partial charge >= 0.3 is 0 Å². The summed E-state index contributed by atoms with van der Waals surface area (Å²) in [6.45, 7) is 7.23. The van der Waals surface area contributed by atoms with Gasteiger partial charge in [0.05, 0.1) is 12.7 Å². The second-order valence-electron chi connectivity index (χ2n) is 4.46. The monoisotopic (exact) mass is 271 g/mol. The normalized spacial score (nSPS) is 12.8. The highest BCUT2D eigenvalue weighted by molar-refractivity contribution is 6.30. The Kier molecular flexibility index (Phi) is 6.47. The van der Waals surface area contributed by atoms with Crippen LogP contribution in [0.25, 0.3) is 0 Å². The first-order valence-corrected chi connectivity index (χ1v) is 6.63. The quantitative estimate of drug-likeness (QED) is 0.771. The van der Waals surface area contributed by atoms with Gasteiger partial charge in [-0.3, -0.25) is 0 Å². The van der Waals surface area contributed by atoms with Crippen molar-refractivity contribution in [3.05, 3.63) is 28.8 Å². The van der Waals surface area contributed by atoms with Gasteiger partial charge in [-0.2, -0.15) is 0 Å². The highest BCUT2D eigenvalue weighted by Crippen LogP contribution is 2.28. The van der Waals surface area contributed by atoms with Gasteiger partial charge in [-0.1, -0.05) is 11.6 Å². The Bertz CT molecular complexity index is 369. The number of hydrogen-bond acceptors (Lipinski definition) is 3. The molecule has 18 heavy (non-hydrogen) atoms. The molecule has 0 amide bonds. The standard InChI is InChI=1S/C14H22ClNO2/c1-10(2)17-7-8-18-14-6-5-12(15)9-13(14)11(3)16-4/h5-6,9-11,16H,7-8H2,1-4H3. The Morgan fingerprint density at radius 1 is 1.22 bits per heavy atom. The van der Waals surface area contributed by atoms with Gasteiger partial charge in [-0.25, -0.2) is 0 Å². The van der Waals surface area contributed by atoms with Gasteiger partial charge in [0.2, 0.25) is 0 Å². The molecule has 0 aliphatic carbocycles. The summed E-state index contributed by atoms with van der Waals surface area (Å²) in [4.78, 5) is 0. The first-order valence-electron chi connectivity index (χ1n) is 6.25. The van der Waals surface area contributed by atoms with Crippen LogP contribution in [0.1, 0.15) is 32.4 Å². The fraction of sp³-hybridized carbons (Fsp3) is 0.571. The summed E-state index contributed by atoms with van der Waals surface area (Å²) < 4.78 is 11.2. The van der Waals surface area contributed by atoms with Crippen molar-refractivity contribution >= 4 is 11.6 Å². The third-order valence-corrected chi connectivity index (χ3v) is 2.90. The van der Waals surface area contributed by atoms with E-state index in [0.29, 0.717) is 13.2 Å². The molecule has 0 aliphatic rings. The van der Waals surface area contributed by atoms with Gasteiger partial charge in [-0.05, 0) is 46.0 Å². The van der Waals surface area contributed by atoms with Gasteiger partial charge in [0.15, 0.2) is 0 Å². The van der Waals surface area contributed by atoms with E-state index in [1.54, 1.807) is 0 Å². The number of halogens is 1. The van der Waals surface area contributed by atoms with Gasteiger partial charge in [0.1, 0.15) is 12.4 Å². The lowest BCUT2D eigenvalue weighted by Gasteiger charge is -2.17. The lowest BCUT2D eigenvalue weighted by molar-refractivity contribution is 0.0549. The van der Waals surface area contributed by atoms with E-state index in [9.17, 15) is 0 Å². The molecule has 1 unspecified atom stereocenters. The lowest BCUT2D eigenvalue weighted by Crippen LogP contribution is -2.16. The maximum atomic E-state index is 6.01. The molecule has 1 N–H and O–H groups in total. The summed E-state index contributed by atoms with van der Waals surface area (Å²) in [7, 11) is 1.91. The maximum absolute atomic E-state index is 6.01. The fourth-order valence-electron chi connectivity index (χ4n) is 1.58. The van der Waals surface area contributed by atoms with Crippen molar-refractivity contribution in [2.75, 3.05) is 20.3 Å². The van der Waals surface area contributed by atoms with Crippen LogP contribution in [0.15, 0.2) is 18.2 Å². The van der Waals surface area contributed by atoms with E-state index < -0.39 is 0 Å². The Hall–Kier alpha value is -0.770. The topological polar surface area (TPSA) is 30.5 Å². The summed E-state index contributed by atoms with van der Waals surface area (Å²) in [5.74, 6) is 0.855. The molecule has 0 aliphatic heterocycles. The van der Waals surface area contributed by atoms with Crippen LogP contribution in [0.5, 0.6) is 5.75 Å². The molecule has 1 aromatic rings. The van der Waals surface area contributed by atoms with Gasteiger partial charge in [-0.15, -0.1) is 0 Å². The molecular weight excluding hydrogens is 250 g/mol. The molecule has 3 nitrogen and oxygen atoms in total. The van der Waals surface area contributed by atoms with Crippen molar-refractivity contribution in [1.82, 2.24) is 5.32 Å². The third-order valence-electron chi connectivity index (χ3n) is 2.66. The number of ether oxygens (including phenoxy) is 2. The third kappa shape index (κ3) is 4.84. The van der Waals surface area contributed by atoms with Crippen LogP contribution in [-0.4, -0.2) is 26.4 Å². The SMILES string of the molecule is CNC(C)c1cc(Cl)ccc1OCCOC(C)C. The van der Waals surface area contributed by atoms with Crippen LogP contribution in [0.4, 0.5) is 0 Å². The number of hydrogen-bond donors (Lipinski definition) is 1. The zero-order chi connectivity index (χ0) is 13.5. The first kappa shape index (κ1) is 15.3. The summed E-state index contributed by atoms with van der Waals surface area (Å²) in [6.07, 6.45) is 0.231. The minimum Gasteiger partial charge on any atom is -0.491 e. The van der Waals surface area contributed by atoms with Crippen LogP contribution in [0.2, 0.25) is 5.02 Å². The smallest absolute Gasteiger partial charge is 0.124 e. The average molecular weight is 272 g/mol. The molecule has 0 saturated heterocycles. The highest BCUT2D eigenvalue weighted by atomic mass is 35.5.